The monoisotopic (exact) mass is 403 g/mol. The van der Waals surface area contributed by atoms with E-state index in [1.165, 1.54) is 0 Å². The predicted molar refractivity (Wildman–Crippen MR) is 106 cm³/mol. The van der Waals surface area contributed by atoms with Gasteiger partial charge in [0.05, 0.1) is 32.3 Å². The van der Waals surface area contributed by atoms with Crippen molar-refractivity contribution < 1.29 is 14.3 Å². The predicted octanol–water partition coefficient (Wildman–Crippen LogP) is 2.50. The van der Waals surface area contributed by atoms with Crippen LogP contribution in [0.15, 0.2) is 17.8 Å². The molecule has 4 rings (SSSR count). The minimum Gasteiger partial charge on any atom is -0.481 e. The van der Waals surface area contributed by atoms with Gasteiger partial charge in [0.1, 0.15) is 0 Å². The maximum absolute atomic E-state index is 12.6. The minimum atomic E-state index is -0.0845. The highest BCUT2D eigenvalue weighted by Gasteiger charge is 2.45. The summed E-state index contributed by atoms with van der Waals surface area (Å²) < 4.78 is 10.6. The van der Waals surface area contributed by atoms with Gasteiger partial charge < -0.3 is 19.3 Å². The van der Waals surface area contributed by atoms with E-state index in [2.05, 4.69) is 24.8 Å². The van der Waals surface area contributed by atoms with Gasteiger partial charge in [-0.25, -0.2) is 0 Å². The van der Waals surface area contributed by atoms with E-state index in [1.54, 1.807) is 31.6 Å². The first-order valence-corrected chi connectivity index (χ1v) is 10.4. The molecule has 150 valence electrons. The van der Waals surface area contributed by atoms with Gasteiger partial charge in [-0.3, -0.25) is 9.78 Å². The fraction of sp³-hybridized carbons (Fsp3) is 0.579. The number of hydrogen-bond donors (Lipinski definition) is 0. The number of aromatic nitrogens is 3. The van der Waals surface area contributed by atoms with Crippen LogP contribution in [-0.2, 0) is 11.3 Å². The first-order valence-electron chi connectivity index (χ1n) is 9.53. The van der Waals surface area contributed by atoms with Crippen molar-refractivity contribution in [2.24, 2.45) is 0 Å². The van der Waals surface area contributed by atoms with Crippen molar-refractivity contribution in [2.75, 3.05) is 32.2 Å². The number of likely N-dealkylation sites (tertiary alicyclic amines) is 1. The van der Waals surface area contributed by atoms with E-state index < -0.39 is 0 Å². The third-order valence-electron chi connectivity index (χ3n) is 5.76. The first-order chi connectivity index (χ1) is 13.6. The Bertz CT molecular complexity index is 809. The second-order valence-corrected chi connectivity index (χ2v) is 8.24. The van der Waals surface area contributed by atoms with E-state index in [0.29, 0.717) is 30.7 Å². The third-order valence-corrected chi connectivity index (χ3v) is 6.53. The van der Waals surface area contributed by atoms with Crippen molar-refractivity contribution >= 4 is 23.2 Å². The summed E-state index contributed by atoms with van der Waals surface area (Å²) >= 11 is 1.61. The van der Waals surface area contributed by atoms with Gasteiger partial charge in [-0.2, -0.15) is 9.97 Å². The molecule has 0 aliphatic carbocycles. The average Bonchev–Trinajstić information content (AvgIpc) is 3.27. The number of nitrogens with zero attached hydrogens (tertiary/aromatic N) is 5. The highest BCUT2D eigenvalue weighted by molar-refractivity contribution is 7.09. The Morgan fingerprint density at radius 3 is 2.61 bits per heavy atom. The normalized spacial score (nSPS) is 22.6. The molecule has 0 unspecified atom stereocenters. The van der Waals surface area contributed by atoms with Crippen LogP contribution >= 0.6 is 11.3 Å². The first kappa shape index (κ1) is 18.9. The SMILES string of the molecule is COc1cc(OC)nc(N2CCC[C@]3(CCC(=O)N3Cc3cncs3)CC2)n1. The molecule has 0 bridgehead atoms. The summed E-state index contributed by atoms with van der Waals surface area (Å²) in [6.07, 6.45) is 6.29. The van der Waals surface area contributed by atoms with Crippen molar-refractivity contribution in [3.8, 4) is 11.8 Å². The summed E-state index contributed by atoms with van der Waals surface area (Å²) in [5.74, 6) is 1.85. The van der Waals surface area contributed by atoms with E-state index in [0.717, 1.165) is 43.6 Å². The lowest BCUT2D eigenvalue weighted by Crippen LogP contribution is -2.45. The average molecular weight is 404 g/mol. The Balaban J connectivity index is 1.54. The Morgan fingerprint density at radius 2 is 1.93 bits per heavy atom. The topological polar surface area (TPSA) is 80.7 Å². The van der Waals surface area contributed by atoms with Crippen molar-refractivity contribution in [1.82, 2.24) is 19.9 Å². The van der Waals surface area contributed by atoms with Crippen LogP contribution in [0.4, 0.5) is 5.95 Å². The van der Waals surface area contributed by atoms with Crippen molar-refractivity contribution in [2.45, 2.75) is 44.2 Å². The molecule has 2 aromatic rings. The highest BCUT2D eigenvalue weighted by atomic mass is 32.1. The molecule has 8 nitrogen and oxygen atoms in total. The molecule has 4 heterocycles. The van der Waals surface area contributed by atoms with Gasteiger partial charge in [0.15, 0.2) is 0 Å². The lowest BCUT2D eigenvalue weighted by atomic mass is 9.87. The molecule has 2 aliphatic rings. The fourth-order valence-electron chi connectivity index (χ4n) is 4.25. The molecule has 1 amide bonds. The number of rotatable bonds is 5. The summed E-state index contributed by atoms with van der Waals surface area (Å²) in [4.78, 5) is 31.2. The number of amides is 1. The van der Waals surface area contributed by atoms with Crippen LogP contribution in [0.2, 0.25) is 0 Å². The van der Waals surface area contributed by atoms with Crippen molar-refractivity contribution in [1.29, 1.82) is 0 Å². The van der Waals surface area contributed by atoms with Crippen LogP contribution in [0.25, 0.3) is 0 Å². The Kier molecular flexibility index (Phi) is 5.34. The van der Waals surface area contributed by atoms with Gasteiger partial charge in [0.2, 0.25) is 23.6 Å². The zero-order chi connectivity index (χ0) is 19.6. The van der Waals surface area contributed by atoms with Crippen LogP contribution in [0.3, 0.4) is 0 Å². The Morgan fingerprint density at radius 1 is 1.14 bits per heavy atom. The van der Waals surface area contributed by atoms with Gasteiger partial charge in [-0.15, -0.1) is 11.3 Å². The molecule has 0 radical (unpaired) electrons. The number of methoxy groups -OCH3 is 2. The lowest BCUT2D eigenvalue weighted by Gasteiger charge is -2.38. The van der Waals surface area contributed by atoms with Crippen LogP contribution < -0.4 is 14.4 Å². The number of hydrogen-bond acceptors (Lipinski definition) is 8. The zero-order valence-electron chi connectivity index (χ0n) is 16.3. The quantitative estimate of drug-likeness (QED) is 0.759. The molecule has 0 aromatic carbocycles. The lowest BCUT2D eigenvalue weighted by molar-refractivity contribution is -0.132. The second-order valence-electron chi connectivity index (χ2n) is 7.27. The Hall–Kier alpha value is -2.42. The van der Waals surface area contributed by atoms with E-state index in [9.17, 15) is 4.79 Å². The van der Waals surface area contributed by atoms with Crippen molar-refractivity contribution in [3.05, 3.63) is 22.7 Å². The van der Waals surface area contributed by atoms with Crippen LogP contribution in [-0.4, -0.2) is 58.6 Å². The number of thiazole rings is 1. The van der Waals surface area contributed by atoms with E-state index >= 15 is 0 Å². The highest BCUT2D eigenvalue weighted by Crippen LogP contribution is 2.41. The van der Waals surface area contributed by atoms with Gasteiger partial charge in [-0.05, 0) is 25.7 Å². The fourth-order valence-corrected chi connectivity index (χ4v) is 4.83. The molecular weight excluding hydrogens is 378 g/mol. The number of carbonyl (C=O) groups excluding carboxylic acids is 1. The summed E-state index contributed by atoms with van der Waals surface area (Å²) in [6, 6.07) is 1.68. The summed E-state index contributed by atoms with van der Waals surface area (Å²) in [6.45, 7) is 2.30. The zero-order valence-corrected chi connectivity index (χ0v) is 17.1. The van der Waals surface area contributed by atoms with Crippen LogP contribution in [0.5, 0.6) is 11.8 Å². The minimum absolute atomic E-state index is 0.0845. The van der Waals surface area contributed by atoms with E-state index in [-0.39, 0.29) is 11.4 Å². The van der Waals surface area contributed by atoms with E-state index in [4.69, 9.17) is 9.47 Å². The van der Waals surface area contributed by atoms with Gasteiger partial charge in [0, 0.05) is 36.1 Å². The molecule has 9 heteroatoms. The number of ether oxygens (including phenoxy) is 2. The summed E-state index contributed by atoms with van der Waals surface area (Å²) in [5, 5.41) is 0. The molecule has 1 spiro atoms. The third kappa shape index (κ3) is 3.63. The molecule has 0 saturated carbocycles. The maximum atomic E-state index is 12.6. The van der Waals surface area contributed by atoms with Crippen LogP contribution in [0, 0.1) is 0 Å². The number of carbonyl (C=O) groups is 1. The second kappa shape index (κ2) is 7.90. The van der Waals surface area contributed by atoms with Crippen molar-refractivity contribution in [3.63, 3.8) is 0 Å². The van der Waals surface area contributed by atoms with Gasteiger partial charge in [-0.1, -0.05) is 0 Å². The number of anilines is 1. The molecular formula is C19H25N5O3S. The molecule has 2 aromatic heterocycles. The van der Waals surface area contributed by atoms with Gasteiger partial charge in [0.25, 0.3) is 0 Å². The maximum Gasteiger partial charge on any atom is 0.231 e. The summed E-state index contributed by atoms with van der Waals surface area (Å²) in [5.41, 5.74) is 1.74. The molecule has 2 fully saturated rings. The van der Waals surface area contributed by atoms with Gasteiger partial charge >= 0.3 is 0 Å². The molecule has 2 saturated heterocycles. The van der Waals surface area contributed by atoms with Crippen LogP contribution in [0.1, 0.15) is 37.0 Å². The summed E-state index contributed by atoms with van der Waals surface area (Å²) in [7, 11) is 3.18. The molecule has 1 atom stereocenters. The molecule has 2 aliphatic heterocycles. The molecule has 28 heavy (non-hydrogen) atoms. The smallest absolute Gasteiger partial charge is 0.231 e. The van der Waals surface area contributed by atoms with E-state index in [1.807, 2.05) is 11.7 Å². The largest absolute Gasteiger partial charge is 0.481 e. The molecule has 0 N–H and O–H groups in total. The Labute approximate surface area is 168 Å². The standard InChI is InChI=1S/C19H25N5O3S/c1-26-15-10-16(27-2)22-18(21-15)23-8-3-5-19(7-9-23)6-4-17(25)24(19)12-14-11-20-13-28-14/h10-11,13H,3-9,12H2,1-2H3/t19-/m0/s1.